The number of hydrogen-bond donors (Lipinski definition) is 10. The second kappa shape index (κ2) is 24.4. The number of aromatic nitrogens is 3. The van der Waals surface area contributed by atoms with E-state index >= 15 is 0 Å². The van der Waals surface area contributed by atoms with Gasteiger partial charge in [-0.2, -0.15) is 61.2 Å². The number of aromatic hydroxyl groups is 1. The molecule has 0 aliphatic carbocycles. The lowest BCUT2D eigenvalue weighted by molar-refractivity contribution is 0.282. The van der Waals surface area contributed by atoms with Crippen LogP contribution in [0.5, 0.6) is 11.5 Å². The van der Waals surface area contributed by atoms with Gasteiger partial charge < -0.3 is 25.2 Å². The quantitative estimate of drug-likeness (QED) is 0.0215. The molecule has 0 saturated heterocycles. The van der Waals surface area contributed by atoms with Gasteiger partial charge in [-0.25, -0.2) is 25.2 Å². The number of aryl methyl sites for hydroxylation is 1. The normalized spacial score (nSPS) is 13.4. The Hall–Kier alpha value is -6.66. The van der Waals surface area contributed by atoms with E-state index in [1.54, 1.807) is 0 Å². The molecule has 438 valence electrons. The summed E-state index contributed by atoms with van der Waals surface area (Å²) in [5.41, 5.74) is -2.54. The largest absolute Gasteiger partial charge is 0.505 e. The van der Waals surface area contributed by atoms with Crippen LogP contribution in [0.2, 0.25) is 5.28 Å². The molecule has 0 radical (unpaired) electrons. The number of nitrogens with zero attached hydrogens (tertiary/aromatic N) is 7. The number of sulfone groups is 2. The fraction of sp³-hybridized carbons (Fsp3) is 0.162. The SMILES string of the molecule is Cc1cc2c(N=Nc3cc(Nc4nc(Cl)nc(Nc5ccc(S(=O)(=O)CCOS(=O)(=O)O)cc5)n4)ccc3OS(=O)O)c(NCS(=O)(=O)O)ccc2c(O)c1N=Nc1cc(S(=O)(=O)CCOS(=O)(=O)O)c(S(=O)(=O)O)cc1S(=O)(=O)O. The van der Waals surface area contributed by atoms with Gasteiger partial charge in [0.1, 0.15) is 38.4 Å². The summed E-state index contributed by atoms with van der Waals surface area (Å²) in [4.78, 5) is 7.33. The van der Waals surface area contributed by atoms with Crippen molar-refractivity contribution in [1.29, 1.82) is 0 Å². The molecule has 10 N–H and O–H groups in total. The number of rotatable bonds is 25. The molecular formula is C37H35ClN10O25S8. The van der Waals surface area contributed by atoms with Crippen molar-refractivity contribution in [1.82, 2.24) is 15.0 Å². The van der Waals surface area contributed by atoms with Crippen LogP contribution in [0.3, 0.4) is 0 Å². The van der Waals surface area contributed by atoms with Crippen molar-refractivity contribution < 1.29 is 108 Å². The summed E-state index contributed by atoms with van der Waals surface area (Å²) in [5.74, 6) is -5.12. The number of hydrogen-bond acceptors (Lipinski definition) is 29. The summed E-state index contributed by atoms with van der Waals surface area (Å²) in [6, 6.07) is 12.0. The molecule has 81 heavy (non-hydrogen) atoms. The molecular weight excluding hydrogens is 1280 g/mol. The number of phenols is 1. The summed E-state index contributed by atoms with van der Waals surface area (Å²) >= 11 is 3.16. The topological polar surface area (TPSA) is 550 Å². The highest BCUT2D eigenvalue weighted by Gasteiger charge is 2.32. The Morgan fingerprint density at radius 3 is 1.69 bits per heavy atom. The molecule has 1 heterocycles. The lowest BCUT2D eigenvalue weighted by atomic mass is 10.0. The fourth-order valence-corrected chi connectivity index (χ4v) is 12.4. The Kier molecular flexibility index (Phi) is 19.2. The van der Waals surface area contributed by atoms with E-state index in [1.165, 1.54) is 31.2 Å². The van der Waals surface area contributed by atoms with Crippen LogP contribution in [0.25, 0.3) is 10.8 Å². The van der Waals surface area contributed by atoms with Crippen molar-refractivity contribution in [2.45, 2.75) is 26.5 Å². The number of nitrogens with one attached hydrogen (secondary N) is 3. The number of fused-ring (bicyclic) bond motifs is 1. The van der Waals surface area contributed by atoms with Crippen LogP contribution < -0.4 is 20.1 Å². The number of azo groups is 2. The molecule has 1 atom stereocenters. The lowest BCUT2D eigenvalue weighted by Crippen LogP contribution is -2.18. The average Bonchev–Trinajstić information content (AvgIpc) is 3.54. The van der Waals surface area contributed by atoms with Gasteiger partial charge in [0.05, 0.1) is 40.2 Å². The highest BCUT2D eigenvalue weighted by Crippen LogP contribution is 2.46. The molecule has 0 spiro atoms. The molecule has 0 bridgehead atoms. The maximum absolute atomic E-state index is 13.2. The Morgan fingerprint density at radius 2 is 1.14 bits per heavy atom. The Labute approximate surface area is 465 Å². The Balaban J connectivity index is 1.39. The van der Waals surface area contributed by atoms with E-state index < -0.39 is 156 Å². The van der Waals surface area contributed by atoms with Crippen LogP contribution in [0.15, 0.2) is 113 Å². The Bertz CT molecular complexity index is 4410. The van der Waals surface area contributed by atoms with Gasteiger partial charge in [-0.3, -0.25) is 27.3 Å². The molecule has 6 aromatic rings. The zero-order chi connectivity index (χ0) is 60.3. The van der Waals surface area contributed by atoms with E-state index in [0.717, 1.165) is 36.4 Å². The summed E-state index contributed by atoms with van der Waals surface area (Å²) in [5, 5.41) is 34.5. The van der Waals surface area contributed by atoms with Gasteiger partial charge in [0.25, 0.3) is 30.4 Å². The average molecular weight is 1310 g/mol. The second-order valence-electron chi connectivity index (χ2n) is 15.6. The third-order valence-electron chi connectivity index (χ3n) is 9.93. The van der Waals surface area contributed by atoms with Gasteiger partial charge >= 0.3 is 32.2 Å². The molecule has 35 nitrogen and oxygen atoms in total. The minimum atomic E-state index is -5.68. The molecule has 1 aromatic heterocycles. The van der Waals surface area contributed by atoms with E-state index in [4.69, 9.17) is 24.9 Å². The van der Waals surface area contributed by atoms with E-state index in [0.29, 0.717) is 0 Å². The monoisotopic (exact) mass is 1310 g/mol. The number of halogens is 1. The molecule has 0 aliphatic heterocycles. The van der Waals surface area contributed by atoms with Crippen molar-refractivity contribution in [3.63, 3.8) is 0 Å². The van der Waals surface area contributed by atoms with Gasteiger partial charge in [0, 0.05) is 22.1 Å². The first-order valence-electron chi connectivity index (χ1n) is 20.9. The predicted octanol–water partition coefficient (Wildman–Crippen LogP) is 4.46. The van der Waals surface area contributed by atoms with Crippen LogP contribution in [0, 0.1) is 6.92 Å². The zero-order valence-electron chi connectivity index (χ0n) is 39.7. The summed E-state index contributed by atoms with van der Waals surface area (Å²) in [7, 11) is -35.4. The number of anilines is 5. The van der Waals surface area contributed by atoms with Gasteiger partial charge in [0.15, 0.2) is 31.2 Å². The van der Waals surface area contributed by atoms with Crippen LogP contribution in [0.4, 0.5) is 51.7 Å². The fourth-order valence-electron chi connectivity index (χ4n) is 6.59. The van der Waals surface area contributed by atoms with Crippen molar-refractivity contribution in [2.24, 2.45) is 20.5 Å². The first-order chi connectivity index (χ1) is 37.3. The van der Waals surface area contributed by atoms with Crippen molar-refractivity contribution in [2.75, 3.05) is 46.5 Å². The van der Waals surface area contributed by atoms with Crippen molar-refractivity contribution in [3.05, 3.63) is 83.6 Å². The maximum atomic E-state index is 13.2. The second-order valence-corrected chi connectivity index (χ2v) is 27.2. The Morgan fingerprint density at radius 1 is 0.593 bits per heavy atom. The van der Waals surface area contributed by atoms with Gasteiger partial charge in [-0.05, 0) is 96.9 Å². The van der Waals surface area contributed by atoms with E-state index in [2.05, 4.69) is 59.7 Å². The molecule has 5 aromatic carbocycles. The lowest BCUT2D eigenvalue weighted by Gasteiger charge is -2.14. The van der Waals surface area contributed by atoms with Crippen LogP contribution in [-0.4, -0.2) is 141 Å². The molecule has 0 aliphatic rings. The zero-order valence-corrected chi connectivity index (χ0v) is 47.0. The van der Waals surface area contributed by atoms with Gasteiger partial charge in [-0.1, -0.05) is 0 Å². The van der Waals surface area contributed by atoms with Crippen molar-refractivity contribution in [3.8, 4) is 11.5 Å². The number of phenolic OH excluding ortho intramolecular Hbond substituents is 1. The number of benzene rings is 5. The maximum Gasteiger partial charge on any atom is 0.397 e. The van der Waals surface area contributed by atoms with Crippen LogP contribution in [0.1, 0.15) is 5.56 Å². The van der Waals surface area contributed by atoms with E-state index in [9.17, 15) is 86.5 Å². The smallest absolute Gasteiger partial charge is 0.397 e. The van der Waals surface area contributed by atoms with Gasteiger partial charge in [0.2, 0.25) is 17.2 Å². The highest BCUT2D eigenvalue weighted by molar-refractivity contribution is 7.93. The minimum Gasteiger partial charge on any atom is -0.505 e. The molecule has 0 amide bonds. The predicted molar refractivity (Wildman–Crippen MR) is 280 cm³/mol. The summed E-state index contributed by atoms with van der Waals surface area (Å²) in [6.45, 7) is -0.958. The summed E-state index contributed by atoms with van der Waals surface area (Å²) in [6.07, 6.45) is 0. The first-order valence-corrected chi connectivity index (χ1v) is 32.8. The third kappa shape index (κ3) is 17.7. The molecule has 44 heteroatoms. The molecule has 0 fully saturated rings. The third-order valence-corrected chi connectivity index (χ3v) is 17.2. The minimum absolute atomic E-state index is 0.0228. The van der Waals surface area contributed by atoms with Crippen LogP contribution >= 0.6 is 11.6 Å². The highest BCUT2D eigenvalue weighted by atomic mass is 35.5. The molecule has 0 saturated carbocycles. The molecule has 6 rings (SSSR count). The molecule has 1 unspecified atom stereocenters. The van der Waals surface area contributed by atoms with E-state index in [-0.39, 0.29) is 73.7 Å². The van der Waals surface area contributed by atoms with Gasteiger partial charge in [-0.15, -0.1) is 20.5 Å². The summed E-state index contributed by atoms with van der Waals surface area (Å²) < 4.78 is 250. The standard InChI is InChI=1S/C37H35ClN10O25S8/c1-19-14-24-23(34(49)32(19)47-46-27-16-30(76(54,55)13-11-72-81(68,69)70)31(79(62,63)64)17-29(27)78(59,60)61)7-8-25(39-18-77(56,57)58)33(24)48-45-26-15-21(4-9-28(26)73-74(50)51)41-37-43-35(38)42-36(44-37)40-20-2-5-22(6-3-20)75(52,53)12-10-71-80(65,66)67/h2-9,14-17,39,49H,10-13,18H2,1H3,(H,50,51)(H,56,57,58)(H,59,60,61)(H,62,63,64)(H,65,66,67)(H,68,69,70)(H2,40,41,42,43,44). The van der Waals surface area contributed by atoms with E-state index in [1.807, 2.05) is 0 Å². The van der Waals surface area contributed by atoms with Crippen LogP contribution in [-0.2, 0) is 90.6 Å². The first kappa shape index (κ1) is 63.5. The van der Waals surface area contributed by atoms with Crippen molar-refractivity contribution >= 4 is 156 Å².